The Bertz CT molecular complexity index is 1280. The minimum atomic E-state index is -0.270. The molecule has 2 aliphatic rings. The Morgan fingerprint density at radius 3 is 2.66 bits per heavy atom. The summed E-state index contributed by atoms with van der Waals surface area (Å²) >= 11 is 1.48. The van der Waals surface area contributed by atoms with Crippen molar-refractivity contribution in [2.24, 2.45) is 0 Å². The van der Waals surface area contributed by atoms with Crippen molar-refractivity contribution in [3.05, 3.63) is 28.7 Å². The van der Waals surface area contributed by atoms with E-state index in [0.717, 1.165) is 64.9 Å². The van der Waals surface area contributed by atoms with Gasteiger partial charge in [-0.15, -0.1) is 0 Å². The monoisotopic (exact) mass is 496 g/mol. The first-order valence-corrected chi connectivity index (χ1v) is 12.9. The van der Waals surface area contributed by atoms with Gasteiger partial charge in [0.25, 0.3) is 0 Å². The van der Waals surface area contributed by atoms with E-state index in [9.17, 15) is 4.79 Å². The number of aryl methyl sites for hydroxylation is 1. The topological polar surface area (TPSA) is 115 Å². The molecule has 0 saturated carbocycles. The number of aromatic nitrogens is 5. The van der Waals surface area contributed by atoms with E-state index >= 15 is 0 Å². The highest BCUT2D eigenvalue weighted by molar-refractivity contribution is 8.00. The van der Waals surface area contributed by atoms with E-state index in [-0.39, 0.29) is 17.1 Å². The average Bonchev–Trinajstić information content (AvgIpc) is 3.18. The fourth-order valence-electron chi connectivity index (χ4n) is 4.99. The molecular formula is C24H32N8O2S. The summed E-state index contributed by atoms with van der Waals surface area (Å²) in [5.41, 5.74) is 10.4. The molecule has 0 spiro atoms. The maximum Gasteiger partial charge on any atom is 0.236 e. The van der Waals surface area contributed by atoms with Crippen LogP contribution in [-0.2, 0) is 17.8 Å². The number of thioether (sulfide) groups is 1. The number of carbonyl (C=O) groups is 1. The lowest BCUT2D eigenvalue weighted by atomic mass is 10.1. The van der Waals surface area contributed by atoms with Crippen LogP contribution in [-0.4, -0.2) is 85.0 Å². The first-order chi connectivity index (χ1) is 16.8. The SMILES string of the molecule is COc1c(C)cnc(Cn2nc3c4c(nc(N)nc42)SC(C(=O)N2CCN(C(C)C)CC2)C3)c1C. The van der Waals surface area contributed by atoms with Gasteiger partial charge in [-0.05, 0) is 27.7 Å². The third-order valence-corrected chi connectivity index (χ3v) is 8.13. The average molecular weight is 497 g/mol. The molecule has 3 aromatic rings. The highest BCUT2D eigenvalue weighted by Crippen LogP contribution is 2.39. The van der Waals surface area contributed by atoms with Gasteiger partial charge in [0.1, 0.15) is 10.8 Å². The summed E-state index contributed by atoms with van der Waals surface area (Å²) in [6, 6.07) is 0.492. The van der Waals surface area contributed by atoms with Crippen molar-refractivity contribution < 1.29 is 9.53 Å². The quantitative estimate of drug-likeness (QED) is 0.530. The number of carbonyl (C=O) groups excluding carboxylic acids is 1. The second-order valence-corrected chi connectivity index (χ2v) is 10.7. The molecule has 0 bridgehead atoms. The molecule has 3 aromatic heterocycles. The van der Waals surface area contributed by atoms with Gasteiger partial charge in [-0.25, -0.2) is 9.67 Å². The van der Waals surface area contributed by atoms with Crippen LogP contribution < -0.4 is 10.5 Å². The Labute approximate surface area is 209 Å². The Morgan fingerprint density at radius 2 is 1.97 bits per heavy atom. The zero-order valence-corrected chi connectivity index (χ0v) is 21.7. The lowest BCUT2D eigenvalue weighted by Gasteiger charge is -2.38. The Morgan fingerprint density at radius 1 is 1.23 bits per heavy atom. The highest BCUT2D eigenvalue weighted by Gasteiger charge is 2.35. The van der Waals surface area contributed by atoms with Gasteiger partial charge >= 0.3 is 0 Å². The van der Waals surface area contributed by atoms with Crippen molar-refractivity contribution in [2.45, 2.75) is 57.0 Å². The Kier molecular flexibility index (Phi) is 6.30. The second-order valence-electron chi connectivity index (χ2n) is 9.50. The van der Waals surface area contributed by atoms with Gasteiger partial charge < -0.3 is 15.4 Å². The van der Waals surface area contributed by atoms with Gasteiger partial charge in [0.15, 0.2) is 5.65 Å². The van der Waals surface area contributed by atoms with Gasteiger partial charge in [0.2, 0.25) is 11.9 Å². The van der Waals surface area contributed by atoms with E-state index in [1.807, 2.05) is 29.6 Å². The van der Waals surface area contributed by atoms with Gasteiger partial charge in [-0.2, -0.15) is 10.1 Å². The van der Waals surface area contributed by atoms with Crippen LogP contribution in [0, 0.1) is 13.8 Å². The third-order valence-electron chi connectivity index (χ3n) is 6.96. The van der Waals surface area contributed by atoms with E-state index in [0.29, 0.717) is 24.7 Å². The van der Waals surface area contributed by atoms with Crippen molar-refractivity contribution in [3.63, 3.8) is 0 Å². The van der Waals surface area contributed by atoms with Gasteiger partial charge in [-0.1, -0.05) is 11.8 Å². The number of amides is 1. The number of nitrogens with two attached hydrogens (primary N) is 1. The van der Waals surface area contributed by atoms with Crippen LogP contribution in [0.1, 0.15) is 36.4 Å². The molecule has 2 aliphatic heterocycles. The number of anilines is 1. The van der Waals surface area contributed by atoms with Gasteiger partial charge in [0, 0.05) is 56.0 Å². The summed E-state index contributed by atoms with van der Waals surface area (Å²) in [7, 11) is 1.67. The van der Waals surface area contributed by atoms with Crippen molar-refractivity contribution in [1.29, 1.82) is 0 Å². The number of pyridine rings is 1. The molecule has 1 unspecified atom stereocenters. The van der Waals surface area contributed by atoms with Crippen molar-refractivity contribution in [3.8, 4) is 5.75 Å². The van der Waals surface area contributed by atoms with Crippen LogP contribution in [0.4, 0.5) is 5.95 Å². The summed E-state index contributed by atoms with van der Waals surface area (Å²) in [4.78, 5) is 31.4. The minimum absolute atomic E-state index is 0.143. The summed E-state index contributed by atoms with van der Waals surface area (Å²) in [5, 5.41) is 6.21. The third kappa shape index (κ3) is 4.31. The smallest absolute Gasteiger partial charge is 0.236 e. The molecule has 1 saturated heterocycles. The summed E-state index contributed by atoms with van der Waals surface area (Å²) < 4.78 is 7.39. The fraction of sp³-hybridized carbons (Fsp3) is 0.542. The predicted molar refractivity (Wildman–Crippen MR) is 136 cm³/mol. The summed E-state index contributed by atoms with van der Waals surface area (Å²) in [5.74, 6) is 1.15. The first kappa shape index (κ1) is 23.8. The molecule has 186 valence electrons. The number of nitrogen functional groups attached to an aromatic ring is 1. The lowest BCUT2D eigenvalue weighted by molar-refractivity contribution is -0.132. The van der Waals surface area contributed by atoms with Crippen LogP contribution in [0.3, 0.4) is 0 Å². The molecule has 1 fully saturated rings. The minimum Gasteiger partial charge on any atom is -0.496 e. The number of hydrogen-bond donors (Lipinski definition) is 1. The molecule has 5 heterocycles. The lowest BCUT2D eigenvalue weighted by Crippen LogP contribution is -2.53. The molecular weight excluding hydrogens is 464 g/mol. The second kappa shape index (κ2) is 9.27. The largest absolute Gasteiger partial charge is 0.496 e. The zero-order chi connectivity index (χ0) is 24.9. The van der Waals surface area contributed by atoms with Crippen LogP contribution in [0.2, 0.25) is 0 Å². The van der Waals surface area contributed by atoms with Crippen molar-refractivity contribution in [1.82, 2.24) is 34.5 Å². The van der Waals surface area contributed by atoms with E-state index in [1.165, 1.54) is 11.8 Å². The zero-order valence-electron chi connectivity index (χ0n) is 20.9. The number of methoxy groups -OCH3 is 1. The summed E-state index contributed by atoms with van der Waals surface area (Å²) in [6.07, 6.45) is 2.35. The molecule has 1 atom stereocenters. The van der Waals surface area contributed by atoms with Crippen LogP contribution >= 0.6 is 11.8 Å². The molecule has 0 aromatic carbocycles. The maximum atomic E-state index is 13.4. The molecule has 11 heteroatoms. The molecule has 0 radical (unpaired) electrons. The molecule has 5 rings (SSSR count). The number of nitrogens with zero attached hydrogens (tertiary/aromatic N) is 7. The van der Waals surface area contributed by atoms with E-state index in [4.69, 9.17) is 15.6 Å². The Balaban J connectivity index is 1.43. The van der Waals surface area contributed by atoms with E-state index in [2.05, 4.69) is 33.7 Å². The fourth-order valence-corrected chi connectivity index (χ4v) is 6.22. The molecule has 0 aliphatic carbocycles. The van der Waals surface area contributed by atoms with Crippen LogP contribution in [0.15, 0.2) is 11.2 Å². The molecule has 2 N–H and O–H groups in total. The van der Waals surface area contributed by atoms with Crippen LogP contribution in [0.5, 0.6) is 5.75 Å². The Hall–Kier alpha value is -2.92. The maximum absolute atomic E-state index is 13.4. The summed E-state index contributed by atoms with van der Waals surface area (Å²) in [6.45, 7) is 12.1. The number of hydrogen-bond acceptors (Lipinski definition) is 9. The van der Waals surface area contributed by atoms with E-state index in [1.54, 1.807) is 7.11 Å². The number of piperazine rings is 1. The molecule has 35 heavy (non-hydrogen) atoms. The van der Waals surface area contributed by atoms with Gasteiger partial charge in [0.05, 0.1) is 35.7 Å². The van der Waals surface area contributed by atoms with Crippen molar-refractivity contribution in [2.75, 3.05) is 39.0 Å². The standard InChI is InChI=1S/C24H32N8O2S/c1-13(2)30-6-8-31(9-7-30)23(33)18-10-16-19-21(27-24(25)28-22(19)35-18)32(29-16)12-17-15(4)20(34-5)14(3)11-26-17/h11,13,18H,6-10,12H2,1-5H3,(H2,25,27,28). The van der Waals surface area contributed by atoms with E-state index < -0.39 is 0 Å². The molecule has 10 nitrogen and oxygen atoms in total. The van der Waals surface area contributed by atoms with Gasteiger partial charge in [-0.3, -0.25) is 14.7 Å². The first-order valence-electron chi connectivity index (χ1n) is 12.0. The highest BCUT2D eigenvalue weighted by atomic mass is 32.2. The molecule has 1 amide bonds. The van der Waals surface area contributed by atoms with Crippen LogP contribution in [0.25, 0.3) is 11.0 Å². The number of ether oxygens (including phenoxy) is 1. The normalized spacial score (nSPS) is 18.5. The predicted octanol–water partition coefficient (Wildman–Crippen LogP) is 2.05. The number of rotatable bonds is 5. The van der Waals surface area contributed by atoms with Crippen molar-refractivity contribution >= 4 is 34.7 Å².